The van der Waals surface area contributed by atoms with Gasteiger partial charge in [-0.15, -0.1) is 0 Å². The molecule has 1 aromatic carbocycles. The number of benzene rings is 1. The number of ether oxygens (including phenoxy) is 2. The van der Waals surface area contributed by atoms with Crippen LogP contribution in [0, 0.1) is 5.92 Å². The predicted octanol–water partition coefficient (Wildman–Crippen LogP) is 0.951. The minimum atomic E-state index is -1.47. The highest BCUT2D eigenvalue weighted by atomic mass is 16.5. The molecule has 0 fully saturated rings. The van der Waals surface area contributed by atoms with E-state index in [0.717, 1.165) is 5.39 Å². The molecule has 0 aliphatic heterocycles. The number of rotatable bonds is 9. The molecule has 2 atom stereocenters. The lowest BCUT2D eigenvalue weighted by Gasteiger charge is -2.23. The van der Waals surface area contributed by atoms with Gasteiger partial charge in [0.2, 0.25) is 5.91 Å². The van der Waals surface area contributed by atoms with Crippen molar-refractivity contribution in [1.29, 1.82) is 0 Å². The highest BCUT2D eigenvalue weighted by molar-refractivity contribution is 6.07. The number of nitrogens with zero attached hydrogens (tertiary/aromatic N) is 1. The second kappa shape index (κ2) is 10.2. The summed E-state index contributed by atoms with van der Waals surface area (Å²) in [6, 6.07) is 7.03. The van der Waals surface area contributed by atoms with Crippen LogP contribution in [-0.4, -0.2) is 48.0 Å². The first-order valence-corrected chi connectivity index (χ1v) is 9.15. The Morgan fingerprint density at radius 3 is 2.41 bits per heavy atom. The number of hydrogen-bond acceptors (Lipinski definition) is 7. The van der Waals surface area contributed by atoms with Crippen molar-refractivity contribution in [1.82, 2.24) is 10.3 Å². The zero-order chi connectivity index (χ0) is 21.4. The molecule has 9 heteroatoms. The van der Waals surface area contributed by atoms with Crippen molar-refractivity contribution in [3.8, 4) is 0 Å². The van der Waals surface area contributed by atoms with Gasteiger partial charge < -0.3 is 20.5 Å². The van der Waals surface area contributed by atoms with E-state index >= 15 is 0 Å². The molecule has 29 heavy (non-hydrogen) atoms. The second-order valence-electron chi connectivity index (χ2n) is 6.10. The number of carbonyl (C=O) groups is 4. The molecule has 2 amide bonds. The molecule has 2 rings (SSSR count). The van der Waals surface area contributed by atoms with Gasteiger partial charge in [-0.2, -0.15) is 0 Å². The molecule has 154 valence electrons. The summed E-state index contributed by atoms with van der Waals surface area (Å²) in [5.74, 6) is -4.50. The van der Waals surface area contributed by atoms with Crippen LogP contribution in [0.3, 0.4) is 0 Å². The number of aromatic nitrogens is 1. The molecule has 0 radical (unpaired) electrons. The maximum atomic E-state index is 12.8. The average molecular weight is 401 g/mol. The first kappa shape index (κ1) is 21.8. The maximum absolute atomic E-state index is 12.8. The van der Waals surface area contributed by atoms with Crippen LogP contribution in [-0.2, 0) is 23.9 Å². The van der Waals surface area contributed by atoms with E-state index in [1.165, 1.54) is 12.3 Å². The highest BCUT2D eigenvalue weighted by Crippen LogP contribution is 2.18. The van der Waals surface area contributed by atoms with Gasteiger partial charge in [-0.05, 0) is 26.0 Å². The molecule has 9 nitrogen and oxygen atoms in total. The van der Waals surface area contributed by atoms with Gasteiger partial charge >= 0.3 is 11.9 Å². The Hall–Kier alpha value is -3.49. The maximum Gasteiger partial charge on any atom is 0.312 e. The van der Waals surface area contributed by atoms with Gasteiger partial charge in [0.1, 0.15) is 6.04 Å². The Morgan fingerprint density at radius 2 is 1.76 bits per heavy atom. The summed E-state index contributed by atoms with van der Waals surface area (Å²) in [5, 5.41) is 3.18. The molecule has 0 aliphatic carbocycles. The van der Waals surface area contributed by atoms with E-state index in [1.807, 2.05) is 0 Å². The van der Waals surface area contributed by atoms with E-state index < -0.39 is 42.1 Å². The number of hydrogen-bond donors (Lipinski definition) is 2. The summed E-state index contributed by atoms with van der Waals surface area (Å²) >= 11 is 0. The second-order valence-corrected chi connectivity index (χ2v) is 6.10. The number of para-hydroxylation sites is 1. The van der Waals surface area contributed by atoms with Gasteiger partial charge in [0.15, 0.2) is 0 Å². The lowest BCUT2D eigenvalue weighted by atomic mass is 9.94. The standard InChI is InChI=1S/C20H23N3O6/c1-3-28-15(24)11-14(20(27)29-4-2)17(18(21)25)23-19(26)13-9-5-7-12-8-6-10-22-16(12)13/h5-10,14,17H,3-4,11H2,1-2H3,(H2,21,25)(H,23,26)/t14-,17+/m1/s1. The zero-order valence-electron chi connectivity index (χ0n) is 16.2. The van der Waals surface area contributed by atoms with Crippen LogP contribution in [0.4, 0.5) is 0 Å². The van der Waals surface area contributed by atoms with E-state index in [2.05, 4.69) is 10.3 Å². The van der Waals surface area contributed by atoms with Crippen molar-refractivity contribution in [2.45, 2.75) is 26.3 Å². The molecular weight excluding hydrogens is 378 g/mol. The summed E-state index contributed by atoms with van der Waals surface area (Å²) in [5.41, 5.74) is 6.06. The topological polar surface area (TPSA) is 138 Å². The number of nitrogens with one attached hydrogen (secondary N) is 1. The molecule has 0 unspecified atom stereocenters. The number of amides is 2. The number of esters is 2. The molecular formula is C20H23N3O6. The Bertz CT molecular complexity index is 909. The monoisotopic (exact) mass is 401 g/mol. The number of nitrogens with two attached hydrogens (primary N) is 1. The quantitative estimate of drug-likeness (QED) is 0.597. The largest absolute Gasteiger partial charge is 0.466 e. The third-order valence-electron chi connectivity index (χ3n) is 4.15. The average Bonchev–Trinajstić information content (AvgIpc) is 2.70. The van der Waals surface area contributed by atoms with Crippen LogP contribution < -0.4 is 11.1 Å². The molecule has 0 saturated carbocycles. The summed E-state index contributed by atoms with van der Waals surface area (Å²) < 4.78 is 9.81. The van der Waals surface area contributed by atoms with Crippen LogP contribution in [0.5, 0.6) is 0 Å². The van der Waals surface area contributed by atoms with E-state index in [4.69, 9.17) is 15.2 Å². The number of pyridine rings is 1. The van der Waals surface area contributed by atoms with Gasteiger partial charge in [-0.25, -0.2) is 0 Å². The fourth-order valence-corrected chi connectivity index (χ4v) is 2.86. The molecule has 2 aromatic rings. The molecule has 0 bridgehead atoms. The Morgan fingerprint density at radius 1 is 1.07 bits per heavy atom. The Kier molecular flexibility index (Phi) is 7.64. The van der Waals surface area contributed by atoms with Crippen molar-refractivity contribution in [3.05, 3.63) is 42.1 Å². The van der Waals surface area contributed by atoms with Gasteiger partial charge in [-0.1, -0.05) is 18.2 Å². The first-order valence-electron chi connectivity index (χ1n) is 9.15. The minimum absolute atomic E-state index is 0.0326. The molecule has 0 spiro atoms. The third-order valence-corrected chi connectivity index (χ3v) is 4.15. The fraction of sp³-hybridized carbons (Fsp3) is 0.350. The van der Waals surface area contributed by atoms with Crippen molar-refractivity contribution in [2.75, 3.05) is 13.2 Å². The lowest BCUT2D eigenvalue weighted by Crippen LogP contribution is -2.52. The normalized spacial score (nSPS) is 12.6. The van der Waals surface area contributed by atoms with E-state index in [9.17, 15) is 19.2 Å². The lowest BCUT2D eigenvalue weighted by molar-refractivity contribution is -0.156. The molecule has 1 aromatic heterocycles. The molecule has 0 saturated heterocycles. The van der Waals surface area contributed by atoms with Crippen LogP contribution in [0.1, 0.15) is 30.6 Å². The van der Waals surface area contributed by atoms with Crippen LogP contribution >= 0.6 is 0 Å². The summed E-state index contributed by atoms with van der Waals surface area (Å²) in [6.07, 6.45) is 1.07. The molecule has 3 N–H and O–H groups in total. The van der Waals surface area contributed by atoms with Crippen molar-refractivity contribution >= 4 is 34.7 Å². The van der Waals surface area contributed by atoms with Crippen molar-refractivity contribution in [3.63, 3.8) is 0 Å². The molecule has 0 aliphatic rings. The summed E-state index contributed by atoms with van der Waals surface area (Å²) in [4.78, 5) is 53.4. The zero-order valence-corrected chi connectivity index (χ0v) is 16.2. The Balaban J connectivity index is 2.33. The van der Waals surface area contributed by atoms with Gasteiger partial charge in [0, 0.05) is 11.6 Å². The van der Waals surface area contributed by atoms with Crippen LogP contribution in [0.2, 0.25) is 0 Å². The van der Waals surface area contributed by atoms with Crippen molar-refractivity contribution in [2.24, 2.45) is 11.7 Å². The Labute approximate surface area is 167 Å². The number of fused-ring (bicyclic) bond motifs is 1. The minimum Gasteiger partial charge on any atom is -0.466 e. The van der Waals surface area contributed by atoms with Gasteiger partial charge in [0.05, 0.1) is 36.6 Å². The van der Waals surface area contributed by atoms with Crippen LogP contribution in [0.15, 0.2) is 36.5 Å². The number of primary amides is 1. The smallest absolute Gasteiger partial charge is 0.312 e. The number of carbonyl (C=O) groups excluding carboxylic acids is 4. The highest BCUT2D eigenvalue weighted by Gasteiger charge is 2.37. The van der Waals surface area contributed by atoms with E-state index in [0.29, 0.717) is 5.52 Å². The third kappa shape index (κ3) is 5.50. The SMILES string of the molecule is CCOC(=O)C[C@@H](C(=O)OCC)[C@H](NC(=O)c1cccc2cccnc12)C(N)=O. The summed E-state index contributed by atoms with van der Waals surface area (Å²) in [6.45, 7) is 3.32. The van der Waals surface area contributed by atoms with Gasteiger partial charge in [-0.3, -0.25) is 24.2 Å². The molecule has 1 heterocycles. The first-order chi connectivity index (χ1) is 13.9. The van der Waals surface area contributed by atoms with E-state index in [1.54, 1.807) is 38.1 Å². The predicted molar refractivity (Wildman–Crippen MR) is 104 cm³/mol. The van der Waals surface area contributed by atoms with Crippen molar-refractivity contribution < 1.29 is 28.7 Å². The van der Waals surface area contributed by atoms with Crippen LogP contribution in [0.25, 0.3) is 10.9 Å². The summed E-state index contributed by atoms with van der Waals surface area (Å²) in [7, 11) is 0. The van der Waals surface area contributed by atoms with Gasteiger partial charge in [0.25, 0.3) is 5.91 Å². The van der Waals surface area contributed by atoms with E-state index in [-0.39, 0.29) is 18.8 Å². The fourth-order valence-electron chi connectivity index (χ4n) is 2.86.